The second-order valence-electron chi connectivity index (χ2n) is 5.96. The zero-order valence-corrected chi connectivity index (χ0v) is 14.2. The monoisotopic (exact) mass is 330 g/mol. The van der Waals surface area contributed by atoms with Crippen molar-refractivity contribution in [1.29, 1.82) is 0 Å². The van der Waals surface area contributed by atoms with Crippen LogP contribution in [0.4, 0.5) is 0 Å². The lowest BCUT2D eigenvalue weighted by molar-refractivity contribution is 0.110. The fraction of sp³-hybridized carbons (Fsp3) is 0.625. The van der Waals surface area contributed by atoms with E-state index >= 15 is 0 Å². The maximum absolute atomic E-state index is 10.3. The highest BCUT2D eigenvalue weighted by atomic mass is 35.5. The van der Waals surface area contributed by atoms with Crippen molar-refractivity contribution in [2.75, 3.05) is 33.7 Å². The van der Waals surface area contributed by atoms with Crippen molar-refractivity contribution in [3.63, 3.8) is 0 Å². The smallest absolute Gasteiger partial charge is 0.0817 e. The van der Waals surface area contributed by atoms with E-state index < -0.39 is 6.10 Å². The largest absolute Gasteiger partial charge is 0.388 e. The molecule has 1 aliphatic heterocycles. The predicted molar refractivity (Wildman–Crippen MR) is 89.2 cm³/mol. The van der Waals surface area contributed by atoms with E-state index in [0.29, 0.717) is 22.5 Å². The molecule has 1 aromatic rings. The van der Waals surface area contributed by atoms with Crippen LogP contribution in [0.15, 0.2) is 18.2 Å². The van der Waals surface area contributed by atoms with Gasteiger partial charge in [0.25, 0.3) is 0 Å². The van der Waals surface area contributed by atoms with Gasteiger partial charge >= 0.3 is 0 Å². The molecule has 1 unspecified atom stereocenters. The normalized spacial score (nSPS) is 19.1. The average Bonchev–Trinajstić information content (AvgIpc) is 2.48. The Morgan fingerprint density at radius 3 is 2.67 bits per heavy atom. The van der Waals surface area contributed by atoms with Crippen molar-refractivity contribution in [1.82, 2.24) is 9.80 Å². The molecule has 0 spiro atoms. The van der Waals surface area contributed by atoms with Gasteiger partial charge < -0.3 is 14.9 Å². The van der Waals surface area contributed by atoms with Crippen LogP contribution in [0.2, 0.25) is 10.0 Å². The van der Waals surface area contributed by atoms with Crippen LogP contribution < -0.4 is 0 Å². The number of hydrogen-bond donors (Lipinski definition) is 1. The topological polar surface area (TPSA) is 26.7 Å². The summed E-state index contributed by atoms with van der Waals surface area (Å²) in [4.78, 5) is 4.72. The molecule has 21 heavy (non-hydrogen) atoms. The average molecular weight is 331 g/mol. The summed E-state index contributed by atoms with van der Waals surface area (Å²) < 4.78 is 0. The molecule has 118 valence electrons. The van der Waals surface area contributed by atoms with Crippen LogP contribution in [-0.4, -0.2) is 54.7 Å². The highest BCUT2D eigenvalue weighted by Gasteiger charge is 2.21. The summed E-state index contributed by atoms with van der Waals surface area (Å²) in [7, 11) is 4.31. The van der Waals surface area contributed by atoms with E-state index in [-0.39, 0.29) is 0 Å². The van der Waals surface area contributed by atoms with Crippen LogP contribution >= 0.6 is 23.2 Å². The molecule has 1 fully saturated rings. The molecule has 1 saturated heterocycles. The van der Waals surface area contributed by atoms with Gasteiger partial charge in [0.15, 0.2) is 0 Å². The number of rotatable bonds is 5. The minimum atomic E-state index is -0.565. The quantitative estimate of drug-likeness (QED) is 0.895. The second kappa shape index (κ2) is 7.80. The number of nitrogens with zero attached hydrogens (tertiary/aromatic N) is 2. The molecule has 0 radical (unpaired) electrons. The first-order valence-electron chi connectivity index (χ1n) is 7.49. The standard InChI is InChI=1S/C16H24Cl2N2O/c1-19-9-6-12(7-10-19)20(2)11-8-15(21)13-4-3-5-14(17)16(13)18/h3-5,12,15,21H,6-11H2,1-2H3. The Labute approximate surface area is 137 Å². The van der Waals surface area contributed by atoms with E-state index in [1.807, 2.05) is 12.1 Å². The molecule has 1 atom stereocenters. The molecule has 0 bridgehead atoms. The van der Waals surface area contributed by atoms with Crippen LogP contribution in [0.3, 0.4) is 0 Å². The van der Waals surface area contributed by atoms with E-state index in [1.165, 1.54) is 12.8 Å². The molecule has 0 saturated carbocycles. The van der Waals surface area contributed by atoms with Gasteiger partial charge in [-0.05, 0) is 52.5 Å². The molecule has 1 aliphatic rings. The zero-order valence-electron chi connectivity index (χ0n) is 12.7. The molecular formula is C16H24Cl2N2O. The van der Waals surface area contributed by atoms with Crippen molar-refractivity contribution in [2.45, 2.75) is 31.4 Å². The summed E-state index contributed by atoms with van der Waals surface area (Å²) in [6.45, 7) is 3.16. The molecule has 1 aromatic carbocycles. The van der Waals surface area contributed by atoms with Crippen molar-refractivity contribution >= 4 is 23.2 Å². The molecule has 1 heterocycles. The van der Waals surface area contributed by atoms with Crippen LogP contribution in [-0.2, 0) is 0 Å². The van der Waals surface area contributed by atoms with Gasteiger partial charge in [0.2, 0.25) is 0 Å². The lowest BCUT2D eigenvalue weighted by atomic mass is 10.0. The van der Waals surface area contributed by atoms with E-state index in [0.717, 1.165) is 25.2 Å². The number of halogens is 2. The van der Waals surface area contributed by atoms with Gasteiger partial charge in [-0.2, -0.15) is 0 Å². The van der Waals surface area contributed by atoms with E-state index in [9.17, 15) is 5.11 Å². The fourth-order valence-electron chi connectivity index (χ4n) is 2.88. The van der Waals surface area contributed by atoms with E-state index in [2.05, 4.69) is 23.9 Å². The number of aliphatic hydroxyl groups is 1. The third kappa shape index (κ3) is 4.57. The van der Waals surface area contributed by atoms with Crippen molar-refractivity contribution in [2.24, 2.45) is 0 Å². The lowest BCUT2D eigenvalue weighted by Gasteiger charge is -2.35. The Balaban J connectivity index is 1.86. The third-order valence-electron chi connectivity index (χ3n) is 4.41. The van der Waals surface area contributed by atoms with Crippen LogP contribution in [0.5, 0.6) is 0 Å². The first-order chi connectivity index (χ1) is 9.99. The van der Waals surface area contributed by atoms with Crippen molar-refractivity contribution < 1.29 is 5.11 Å². The van der Waals surface area contributed by atoms with Crippen molar-refractivity contribution in [3.05, 3.63) is 33.8 Å². The van der Waals surface area contributed by atoms with Gasteiger partial charge in [-0.1, -0.05) is 35.3 Å². The first kappa shape index (κ1) is 17.0. The number of likely N-dealkylation sites (tertiary alicyclic amines) is 1. The summed E-state index contributed by atoms with van der Waals surface area (Å²) in [5.74, 6) is 0. The summed E-state index contributed by atoms with van der Waals surface area (Å²) >= 11 is 12.2. The number of hydrogen-bond acceptors (Lipinski definition) is 3. The Morgan fingerprint density at radius 2 is 2.00 bits per heavy atom. The van der Waals surface area contributed by atoms with E-state index in [4.69, 9.17) is 23.2 Å². The Hall–Kier alpha value is -0.320. The molecule has 0 aromatic heterocycles. The first-order valence-corrected chi connectivity index (χ1v) is 8.25. The summed E-state index contributed by atoms with van der Waals surface area (Å²) in [5.41, 5.74) is 0.723. The SMILES string of the molecule is CN1CCC(N(C)CCC(O)c2cccc(Cl)c2Cl)CC1. The predicted octanol–water partition coefficient (Wildman–Crippen LogP) is 3.44. The van der Waals surface area contributed by atoms with Gasteiger partial charge in [-0.25, -0.2) is 0 Å². The molecule has 0 amide bonds. The number of benzene rings is 1. The minimum absolute atomic E-state index is 0.466. The van der Waals surface area contributed by atoms with Gasteiger partial charge in [0.1, 0.15) is 0 Å². The second-order valence-corrected chi connectivity index (χ2v) is 6.75. The highest BCUT2D eigenvalue weighted by molar-refractivity contribution is 6.42. The van der Waals surface area contributed by atoms with Gasteiger partial charge in [-0.3, -0.25) is 0 Å². The Bertz CT molecular complexity index is 462. The molecule has 5 heteroatoms. The third-order valence-corrected chi connectivity index (χ3v) is 5.24. The van der Waals surface area contributed by atoms with Crippen LogP contribution in [0.25, 0.3) is 0 Å². The van der Waals surface area contributed by atoms with Crippen molar-refractivity contribution in [3.8, 4) is 0 Å². The Morgan fingerprint density at radius 1 is 1.33 bits per heavy atom. The number of piperidine rings is 1. The minimum Gasteiger partial charge on any atom is -0.388 e. The summed E-state index contributed by atoms with van der Waals surface area (Å²) in [5, 5.41) is 11.3. The molecule has 2 rings (SSSR count). The zero-order chi connectivity index (χ0) is 15.4. The highest BCUT2D eigenvalue weighted by Crippen LogP contribution is 2.31. The maximum Gasteiger partial charge on any atom is 0.0817 e. The Kier molecular flexibility index (Phi) is 6.33. The van der Waals surface area contributed by atoms with E-state index in [1.54, 1.807) is 6.07 Å². The summed E-state index contributed by atoms with van der Waals surface area (Å²) in [6, 6.07) is 6.02. The van der Waals surface area contributed by atoms with Crippen LogP contribution in [0.1, 0.15) is 30.9 Å². The molecule has 0 aliphatic carbocycles. The molecular weight excluding hydrogens is 307 g/mol. The van der Waals surface area contributed by atoms with Crippen LogP contribution in [0, 0.1) is 0 Å². The number of aliphatic hydroxyl groups excluding tert-OH is 1. The molecule has 1 N–H and O–H groups in total. The fourth-order valence-corrected chi connectivity index (χ4v) is 3.31. The molecule has 3 nitrogen and oxygen atoms in total. The van der Waals surface area contributed by atoms with Gasteiger partial charge in [0, 0.05) is 18.2 Å². The lowest BCUT2D eigenvalue weighted by Crippen LogP contribution is -2.42. The maximum atomic E-state index is 10.3. The summed E-state index contributed by atoms with van der Waals surface area (Å²) in [6.07, 6.45) is 2.50. The van der Waals surface area contributed by atoms with Gasteiger partial charge in [-0.15, -0.1) is 0 Å². The van der Waals surface area contributed by atoms with Gasteiger partial charge in [0.05, 0.1) is 16.1 Å².